The summed E-state index contributed by atoms with van der Waals surface area (Å²) in [7, 11) is 0. The van der Waals surface area contributed by atoms with E-state index in [0.717, 1.165) is 5.56 Å². The summed E-state index contributed by atoms with van der Waals surface area (Å²) in [4.78, 5) is 27.5. The van der Waals surface area contributed by atoms with E-state index in [1.165, 1.54) is 0 Å². The monoisotopic (exact) mass is 417 g/mol. The summed E-state index contributed by atoms with van der Waals surface area (Å²) in [5.41, 5.74) is 2.85. The highest BCUT2D eigenvalue weighted by Crippen LogP contribution is 2.28. The number of aromatic nitrogens is 1. The lowest BCUT2D eigenvalue weighted by Gasteiger charge is -2.02. The third kappa shape index (κ3) is 4.56. The summed E-state index contributed by atoms with van der Waals surface area (Å²) in [6.07, 6.45) is 1.34. The maximum atomic E-state index is 11.8. The molecular formula is C24H19NO6. The van der Waals surface area contributed by atoms with Crippen LogP contribution in [0.4, 0.5) is 0 Å². The summed E-state index contributed by atoms with van der Waals surface area (Å²) in [6.45, 7) is 2.07. The number of carbonyl (C=O) groups excluding carboxylic acids is 1. The minimum absolute atomic E-state index is 0.236. The van der Waals surface area contributed by atoms with E-state index in [9.17, 15) is 14.7 Å². The molecule has 0 saturated heterocycles. The quantitative estimate of drug-likeness (QED) is 0.408. The number of hydrogen-bond acceptors (Lipinski definition) is 6. The molecule has 0 fully saturated rings. The van der Waals surface area contributed by atoms with Crippen molar-refractivity contribution in [2.45, 2.75) is 13.3 Å². The van der Waals surface area contributed by atoms with E-state index in [2.05, 4.69) is 4.98 Å². The molecular weight excluding hydrogens is 398 g/mol. The lowest BCUT2D eigenvalue weighted by atomic mass is 10.1. The van der Waals surface area contributed by atoms with E-state index < -0.39 is 5.97 Å². The summed E-state index contributed by atoms with van der Waals surface area (Å²) >= 11 is 0. The van der Waals surface area contributed by atoms with Crippen molar-refractivity contribution in [1.82, 2.24) is 4.98 Å². The average Bonchev–Trinajstić information content (AvgIpc) is 3.40. The molecule has 0 aliphatic rings. The van der Waals surface area contributed by atoms with Crippen molar-refractivity contribution in [1.29, 1.82) is 0 Å². The van der Waals surface area contributed by atoms with Crippen molar-refractivity contribution in [2.24, 2.45) is 0 Å². The zero-order chi connectivity index (χ0) is 21.8. The number of furan rings is 1. The molecule has 0 radical (unpaired) electrons. The van der Waals surface area contributed by atoms with Gasteiger partial charge >= 0.3 is 11.9 Å². The maximum absolute atomic E-state index is 11.8. The first-order valence-corrected chi connectivity index (χ1v) is 9.69. The van der Waals surface area contributed by atoms with E-state index >= 15 is 0 Å². The summed E-state index contributed by atoms with van der Waals surface area (Å²) in [5.74, 6) is -0.110. The summed E-state index contributed by atoms with van der Waals surface area (Å²) in [6, 6.07) is 17.6. The third-order valence-electron chi connectivity index (χ3n) is 4.53. The Morgan fingerprint density at radius 3 is 2.52 bits per heavy atom. The predicted octanol–water partition coefficient (Wildman–Crippen LogP) is 5.28. The van der Waals surface area contributed by atoms with Gasteiger partial charge in [-0.1, -0.05) is 24.3 Å². The van der Waals surface area contributed by atoms with E-state index in [-0.39, 0.29) is 18.3 Å². The van der Waals surface area contributed by atoms with E-state index in [0.29, 0.717) is 40.4 Å². The van der Waals surface area contributed by atoms with Gasteiger partial charge in [0.15, 0.2) is 5.58 Å². The average molecular weight is 417 g/mol. The number of fused-ring (bicyclic) bond motifs is 1. The number of rotatable bonds is 7. The largest absolute Gasteiger partial charge is 0.481 e. The highest BCUT2D eigenvalue weighted by molar-refractivity contribution is 5.91. The first kappa shape index (κ1) is 20.2. The number of carbonyl (C=O) groups is 2. The van der Waals surface area contributed by atoms with Crippen LogP contribution in [0.2, 0.25) is 0 Å². The smallest absolute Gasteiger partial charge is 0.338 e. The molecule has 156 valence electrons. The fourth-order valence-corrected chi connectivity index (χ4v) is 3.10. The van der Waals surface area contributed by atoms with Gasteiger partial charge in [-0.2, -0.15) is 0 Å². The molecule has 7 nitrogen and oxygen atoms in total. The van der Waals surface area contributed by atoms with Crippen LogP contribution in [0.15, 0.2) is 69.5 Å². The standard InChI is InChI=1S/C24H19NO6/c1-2-29-24(28)16-9-7-15(8-10-16)20-12-11-18(30-20)13-17(14-22(26)27)23-25-19-5-3-4-6-21(19)31-23/h3-13H,2,14H2,1H3,(H,26,27)/b17-13+. The molecule has 0 amide bonds. The molecule has 0 atom stereocenters. The van der Waals surface area contributed by atoms with Crippen molar-refractivity contribution in [3.63, 3.8) is 0 Å². The molecule has 0 aliphatic heterocycles. The molecule has 0 spiro atoms. The molecule has 0 bridgehead atoms. The highest BCUT2D eigenvalue weighted by atomic mass is 16.5. The predicted molar refractivity (Wildman–Crippen MR) is 114 cm³/mol. The van der Waals surface area contributed by atoms with Gasteiger partial charge in [-0.15, -0.1) is 0 Å². The molecule has 4 rings (SSSR count). The van der Waals surface area contributed by atoms with Crippen molar-refractivity contribution < 1.29 is 28.3 Å². The molecule has 2 aromatic heterocycles. The van der Waals surface area contributed by atoms with Gasteiger partial charge in [-0.3, -0.25) is 4.79 Å². The van der Waals surface area contributed by atoms with Crippen LogP contribution in [-0.4, -0.2) is 28.6 Å². The molecule has 4 aromatic rings. The Morgan fingerprint density at radius 2 is 1.81 bits per heavy atom. The van der Waals surface area contributed by atoms with E-state index in [1.807, 2.05) is 12.1 Å². The van der Waals surface area contributed by atoms with Crippen molar-refractivity contribution in [3.8, 4) is 11.3 Å². The van der Waals surface area contributed by atoms with Crippen LogP contribution < -0.4 is 0 Å². The van der Waals surface area contributed by atoms with Gasteiger partial charge in [0.1, 0.15) is 17.0 Å². The third-order valence-corrected chi connectivity index (χ3v) is 4.53. The Kier molecular flexibility index (Phi) is 5.66. The second kappa shape index (κ2) is 8.71. The maximum Gasteiger partial charge on any atom is 0.338 e. The molecule has 7 heteroatoms. The Bertz CT molecular complexity index is 1230. The minimum atomic E-state index is -1.00. The second-order valence-corrected chi connectivity index (χ2v) is 6.73. The van der Waals surface area contributed by atoms with Crippen molar-refractivity contribution in [2.75, 3.05) is 6.61 Å². The topological polar surface area (TPSA) is 103 Å². The van der Waals surface area contributed by atoms with E-state index in [1.54, 1.807) is 61.5 Å². The molecule has 2 aromatic carbocycles. The normalized spacial score (nSPS) is 11.6. The van der Waals surface area contributed by atoms with Crippen molar-refractivity contribution >= 4 is 34.7 Å². The fraction of sp³-hybridized carbons (Fsp3) is 0.125. The van der Waals surface area contributed by atoms with Crippen LogP contribution in [0.1, 0.15) is 35.4 Å². The Morgan fingerprint density at radius 1 is 1.03 bits per heavy atom. The number of benzene rings is 2. The first-order chi connectivity index (χ1) is 15.0. The lowest BCUT2D eigenvalue weighted by Crippen LogP contribution is -2.03. The van der Waals surface area contributed by atoms with Crippen LogP contribution in [-0.2, 0) is 9.53 Å². The Hall–Kier alpha value is -4.13. The van der Waals surface area contributed by atoms with Gasteiger partial charge in [-0.05, 0) is 49.4 Å². The highest BCUT2D eigenvalue weighted by Gasteiger charge is 2.16. The van der Waals surface area contributed by atoms with Crippen LogP contribution in [0.3, 0.4) is 0 Å². The number of hydrogen-bond donors (Lipinski definition) is 1. The second-order valence-electron chi connectivity index (χ2n) is 6.73. The summed E-state index contributed by atoms with van der Waals surface area (Å²) in [5, 5.41) is 9.31. The van der Waals surface area contributed by atoms with Crippen LogP contribution in [0.25, 0.3) is 34.1 Å². The molecule has 0 saturated carbocycles. The number of carboxylic acids is 1. The number of esters is 1. The van der Waals surface area contributed by atoms with Crippen LogP contribution in [0, 0.1) is 0 Å². The molecule has 1 N–H and O–H groups in total. The van der Waals surface area contributed by atoms with Gasteiger partial charge in [-0.25, -0.2) is 9.78 Å². The number of oxazole rings is 1. The van der Waals surface area contributed by atoms with Gasteiger partial charge in [0.2, 0.25) is 5.89 Å². The number of aliphatic carboxylic acids is 1. The number of nitrogens with zero attached hydrogens (tertiary/aromatic N) is 1. The van der Waals surface area contributed by atoms with Gasteiger partial charge in [0.05, 0.1) is 18.6 Å². The molecule has 31 heavy (non-hydrogen) atoms. The zero-order valence-electron chi connectivity index (χ0n) is 16.7. The Labute approximate surface area is 177 Å². The SMILES string of the molecule is CCOC(=O)c1ccc(-c2ccc(/C=C(\CC(=O)O)c3nc4ccccc4o3)o2)cc1. The Balaban J connectivity index is 1.62. The lowest BCUT2D eigenvalue weighted by molar-refractivity contribution is -0.135. The van der Waals surface area contributed by atoms with Gasteiger partial charge < -0.3 is 18.7 Å². The number of ether oxygens (including phenoxy) is 1. The van der Waals surface area contributed by atoms with Gasteiger partial charge in [0.25, 0.3) is 0 Å². The number of para-hydroxylation sites is 2. The first-order valence-electron chi connectivity index (χ1n) is 9.69. The van der Waals surface area contributed by atoms with Crippen molar-refractivity contribution in [3.05, 3.63) is 77.9 Å². The minimum Gasteiger partial charge on any atom is -0.481 e. The zero-order valence-corrected chi connectivity index (χ0v) is 16.7. The number of carboxylic acid groups (broad SMARTS) is 1. The van der Waals surface area contributed by atoms with Crippen LogP contribution >= 0.6 is 0 Å². The van der Waals surface area contributed by atoms with E-state index in [4.69, 9.17) is 13.6 Å². The van der Waals surface area contributed by atoms with Crippen LogP contribution in [0.5, 0.6) is 0 Å². The summed E-state index contributed by atoms with van der Waals surface area (Å²) < 4.78 is 16.6. The van der Waals surface area contributed by atoms with Gasteiger partial charge in [0, 0.05) is 11.1 Å². The molecule has 0 unspecified atom stereocenters. The molecule has 0 aliphatic carbocycles. The fourth-order valence-electron chi connectivity index (χ4n) is 3.10. The molecule has 2 heterocycles.